The number of carbonyl (C=O) groups is 3. The average molecular weight is 389 g/mol. The van der Waals surface area contributed by atoms with Crippen LogP contribution < -0.4 is 10.6 Å². The van der Waals surface area contributed by atoms with Crippen LogP contribution >= 0.6 is 11.6 Å². The molecular weight excluding hydrogens is 368 g/mol. The molecule has 7 heteroatoms. The number of halogens is 1. The largest absolute Gasteiger partial charge is 0.469 e. The minimum Gasteiger partial charge on any atom is -0.469 e. The number of benzene rings is 2. The maximum Gasteiger partial charge on any atom is 0.307 e. The summed E-state index contributed by atoms with van der Waals surface area (Å²) in [7, 11) is 1.28. The van der Waals surface area contributed by atoms with E-state index >= 15 is 0 Å². The molecule has 6 nitrogen and oxygen atoms in total. The van der Waals surface area contributed by atoms with Crippen LogP contribution in [0.1, 0.15) is 23.6 Å². The van der Waals surface area contributed by atoms with Crippen LogP contribution in [0.5, 0.6) is 0 Å². The molecule has 2 rings (SSSR count). The number of carbonyl (C=O) groups excluding carboxylic acids is 3. The molecule has 2 N–H and O–H groups in total. The maximum atomic E-state index is 12.2. The third kappa shape index (κ3) is 7.11. The standard InChI is InChI=1S/C20H21ClN2O4/c1-27-20(26)12-17(15-7-9-16(21)10-8-15)23-19(25)13-22-18(24)11-14-5-3-2-4-6-14/h2-10,17H,11-13H2,1H3,(H,22,24)(H,23,25). The Bertz CT molecular complexity index is 778. The van der Waals surface area contributed by atoms with Crippen LogP contribution in [-0.2, 0) is 25.5 Å². The Balaban J connectivity index is 1.91. The van der Waals surface area contributed by atoms with Crippen molar-refractivity contribution in [2.24, 2.45) is 0 Å². The number of esters is 1. The van der Waals surface area contributed by atoms with Gasteiger partial charge in [0.1, 0.15) is 0 Å². The van der Waals surface area contributed by atoms with Crippen molar-refractivity contribution >= 4 is 29.4 Å². The number of methoxy groups -OCH3 is 1. The van der Waals surface area contributed by atoms with Crippen LogP contribution in [0.4, 0.5) is 0 Å². The highest BCUT2D eigenvalue weighted by molar-refractivity contribution is 6.30. The summed E-state index contributed by atoms with van der Waals surface area (Å²) >= 11 is 5.88. The van der Waals surface area contributed by atoms with Crippen LogP contribution in [0.25, 0.3) is 0 Å². The minimum absolute atomic E-state index is 0.0260. The molecule has 0 bridgehead atoms. The van der Waals surface area contributed by atoms with E-state index < -0.39 is 17.9 Å². The van der Waals surface area contributed by atoms with Gasteiger partial charge in [0, 0.05) is 5.02 Å². The Morgan fingerprint density at radius 1 is 1.00 bits per heavy atom. The predicted octanol–water partition coefficient (Wildman–Crippen LogP) is 2.42. The molecule has 0 spiro atoms. The van der Waals surface area contributed by atoms with E-state index in [0.717, 1.165) is 5.56 Å². The van der Waals surface area contributed by atoms with Gasteiger partial charge in [0.2, 0.25) is 11.8 Å². The normalized spacial score (nSPS) is 11.3. The molecule has 0 fully saturated rings. The number of amides is 2. The Hall–Kier alpha value is -2.86. The van der Waals surface area contributed by atoms with Gasteiger partial charge in [-0.05, 0) is 23.3 Å². The summed E-state index contributed by atoms with van der Waals surface area (Å²) in [6.07, 6.45) is 0.165. The molecule has 0 heterocycles. The summed E-state index contributed by atoms with van der Waals surface area (Å²) in [5, 5.41) is 5.87. The minimum atomic E-state index is -0.576. The molecule has 0 aliphatic carbocycles. The quantitative estimate of drug-likeness (QED) is 0.680. The molecular formula is C20H21ClN2O4. The summed E-state index contributed by atoms with van der Waals surface area (Å²) in [5.74, 6) is -1.11. The second-order valence-electron chi connectivity index (χ2n) is 5.89. The topological polar surface area (TPSA) is 84.5 Å². The van der Waals surface area contributed by atoms with Gasteiger partial charge < -0.3 is 15.4 Å². The Labute approximate surface area is 162 Å². The predicted molar refractivity (Wildman–Crippen MR) is 102 cm³/mol. The number of hydrogen-bond acceptors (Lipinski definition) is 4. The van der Waals surface area contributed by atoms with Crippen molar-refractivity contribution in [1.29, 1.82) is 0 Å². The first-order valence-electron chi connectivity index (χ1n) is 8.40. The smallest absolute Gasteiger partial charge is 0.307 e. The fourth-order valence-corrected chi connectivity index (χ4v) is 2.59. The lowest BCUT2D eigenvalue weighted by Crippen LogP contribution is -2.39. The summed E-state index contributed by atoms with van der Waals surface area (Å²) in [6, 6.07) is 15.5. The fraction of sp³-hybridized carbons (Fsp3) is 0.250. The van der Waals surface area contributed by atoms with Crippen molar-refractivity contribution in [2.45, 2.75) is 18.9 Å². The Morgan fingerprint density at radius 2 is 1.67 bits per heavy atom. The molecule has 2 aromatic carbocycles. The molecule has 1 unspecified atom stereocenters. The number of rotatable bonds is 8. The van der Waals surface area contributed by atoms with Crippen molar-refractivity contribution in [3.63, 3.8) is 0 Å². The van der Waals surface area contributed by atoms with Crippen molar-refractivity contribution in [3.05, 3.63) is 70.7 Å². The Kier molecular flexibility index (Phi) is 7.82. The van der Waals surface area contributed by atoms with Crippen molar-refractivity contribution in [1.82, 2.24) is 10.6 Å². The molecule has 0 aliphatic heterocycles. The third-order valence-electron chi connectivity index (χ3n) is 3.86. The molecule has 142 valence electrons. The summed E-state index contributed by atoms with van der Waals surface area (Å²) in [4.78, 5) is 35.8. The number of hydrogen-bond donors (Lipinski definition) is 2. The van der Waals surface area contributed by atoms with Gasteiger partial charge in [-0.1, -0.05) is 54.1 Å². The zero-order valence-electron chi connectivity index (χ0n) is 14.9. The highest BCUT2D eigenvalue weighted by Crippen LogP contribution is 2.20. The number of nitrogens with one attached hydrogen (secondary N) is 2. The molecule has 0 radical (unpaired) electrons. The zero-order chi connectivity index (χ0) is 19.6. The third-order valence-corrected chi connectivity index (χ3v) is 4.11. The van der Waals surface area contributed by atoms with E-state index in [0.29, 0.717) is 10.6 Å². The summed E-state index contributed by atoms with van der Waals surface area (Å²) in [6.45, 7) is -0.184. The van der Waals surface area contributed by atoms with E-state index in [9.17, 15) is 14.4 Å². The second-order valence-corrected chi connectivity index (χ2v) is 6.33. The van der Waals surface area contributed by atoms with Crippen LogP contribution in [0.3, 0.4) is 0 Å². The van der Waals surface area contributed by atoms with Gasteiger partial charge in [0.25, 0.3) is 0 Å². The molecule has 2 amide bonds. The Morgan fingerprint density at radius 3 is 2.30 bits per heavy atom. The average Bonchev–Trinajstić information content (AvgIpc) is 2.67. The highest BCUT2D eigenvalue weighted by atomic mass is 35.5. The summed E-state index contributed by atoms with van der Waals surface area (Å²) < 4.78 is 4.69. The lowest BCUT2D eigenvalue weighted by atomic mass is 10.0. The highest BCUT2D eigenvalue weighted by Gasteiger charge is 2.19. The van der Waals surface area contributed by atoms with E-state index in [1.54, 1.807) is 24.3 Å². The van der Waals surface area contributed by atoms with E-state index in [2.05, 4.69) is 15.4 Å². The van der Waals surface area contributed by atoms with Gasteiger partial charge in [-0.25, -0.2) is 0 Å². The monoisotopic (exact) mass is 388 g/mol. The first-order chi connectivity index (χ1) is 13.0. The van der Waals surface area contributed by atoms with Gasteiger partial charge in [-0.3, -0.25) is 14.4 Å². The van der Waals surface area contributed by atoms with Crippen LogP contribution in [0, 0.1) is 0 Å². The van der Waals surface area contributed by atoms with Crippen LogP contribution in [0.2, 0.25) is 5.02 Å². The first kappa shape index (κ1) is 20.5. The molecule has 0 saturated heterocycles. The molecule has 0 aromatic heterocycles. The van der Waals surface area contributed by atoms with E-state index in [4.69, 9.17) is 11.6 Å². The van der Waals surface area contributed by atoms with Gasteiger partial charge in [-0.2, -0.15) is 0 Å². The van der Waals surface area contributed by atoms with Crippen LogP contribution in [0.15, 0.2) is 54.6 Å². The summed E-state index contributed by atoms with van der Waals surface area (Å²) in [5.41, 5.74) is 1.58. The van der Waals surface area contributed by atoms with Gasteiger partial charge in [0.15, 0.2) is 0 Å². The second kappa shape index (κ2) is 10.3. The van der Waals surface area contributed by atoms with Crippen molar-refractivity contribution in [2.75, 3.05) is 13.7 Å². The zero-order valence-corrected chi connectivity index (χ0v) is 15.7. The molecule has 2 aromatic rings. The van der Waals surface area contributed by atoms with Crippen molar-refractivity contribution < 1.29 is 19.1 Å². The molecule has 27 heavy (non-hydrogen) atoms. The maximum absolute atomic E-state index is 12.2. The molecule has 1 atom stereocenters. The van der Waals surface area contributed by atoms with E-state index in [-0.39, 0.29) is 25.3 Å². The first-order valence-corrected chi connectivity index (χ1v) is 8.78. The van der Waals surface area contributed by atoms with E-state index in [1.807, 2.05) is 30.3 Å². The molecule has 0 aliphatic rings. The lowest BCUT2D eigenvalue weighted by Gasteiger charge is -2.18. The fourth-order valence-electron chi connectivity index (χ4n) is 2.47. The van der Waals surface area contributed by atoms with E-state index in [1.165, 1.54) is 7.11 Å². The molecule has 0 saturated carbocycles. The van der Waals surface area contributed by atoms with Crippen molar-refractivity contribution in [3.8, 4) is 0 Å². The van der Waals surface area contributed by atoms with Gasteiger partial charge in [0.05, 0.1) is 32.5 Å². The number of ether oxygens (including phenoxy) is 1. The SMILES string of the molecule is COC(=O)CC(NC(=O)CNC(=O)Cc1ccccc1)c1ccc(Cl)cc1. The van der Waals surface area contributed by atoms with Gasteiger partial charge >= 0.3 is 5.97 Å². The lowest BCUT2D eigenvalue weighted by molar-refractivity contribution is -0.141. The van der Waals surface area contributed by atoms with Crippen LogP contribution in [-0.4, -0.2) is 31.4 Å². The van der Waals surface area contributed by atoms with Gasteiger partial charge in [-0.15, -0.1) is 0 Å².